The minimum Gasteiger partial charge on any atom is -0.520 e. The third-order valence-corrected chi connectivity index (χ3v) is 15.1. The third-order valence-electron chi connectivity index (χ3n) is 12.3. The molecule has 11 atom stereocenters. The van der Waals surface area contributed by atoms with Gasteiger partial charge >= 0.3 is 0 Å². The van der Waals surface area contributed by atoms with E-state index in [2.05, 4.69) is 86.6 Å². The largest absolute Gasteiger partial charge is 0.520 e. The first-order valence-corrected chi connectivity index (χ1v) is 27.9. The van der Waals surface area contributed by atoms with Crippen LogP contribution in [0.15, 0.2) is 0 Å². The molecule has 0 aromatic heterocycles. The molecule has 0 spiro atoms. The summed E-state index contributed by atoms with van der Waals surface area (Å²) in [5.74, 6) is 4.42. The summed E-state index contributed by atoms with van der Waals surface area (Å²) in [6.45, 7) is 30.5. The molecule has 4 aliphatic carbocycles. The average Bonchev–Trinajstić information content (AvgIpc) is 3.17. The SMILES string of the molecule is CC(CCC(C)C1CCC2C3C(O[Si](C)(C)C)C[C@@H]4C[C@H](O[Si](C)(C)C)CCC4(C)C3CCC12C)C(=O)O[Si](C)(C)C. The molecule has 4 rings (SSSR count). The van der Waals surface area contributed by atoms with Crippen LogP contribution in [-0.2, 0) is 18.1 Å². The Hall–Kier alpha value is 0.0406. The van der Waals surface area contributed by atoms with E-state index in [1.165, 1.54) is 51.4 Å². The Morgan fingerprint density at radius 2 is 1.33 bits per heavy atom. The van der Waals surface area contributed by atoms with Gasteiger partial charge in [-0.05, 0) is 169 Å². The average molecular weight is 637 g/mol. The van der Waals surface area contributed by atoms with Crippen LogP contribution in [0, 0.1) is 52.3 Å². The number of hydrogen-bond acceptors (Lipinski definition) is 4. The van der Waals surface area contributed by atoms with Gasteiger partial charge in [0.15, 0.2) is 16.6 Å². The highest BCUT2D eigenvalue weighted by Gasteiger charge is 2.63. The summed E-state index contributed by atoms with van der Waals surface area (Å²) in [6.07, 6.45) is 13.5. The lowest BCUT2D eigenvalue weighted by Gasteiger charge is -2.64. The molecule has 4 nitrogen and oxygen atoms in total. The number of rotatable bonds is 10. The minimum absolute atomic E-state index is 0.00438. The molecule has 4 saturated carbocycles. The van der Waals surface area contributed by atoms with Gasteiger partial charge in [-0.3, -0.25) is 4.79 Å². The van der Waals surface area contributed by atoms with E-state index in [1.54, 1.807) is 0 Å². The molecular formula is C35H68O4Si3. The zero-order chi connectivity index (χ0) is 31.5. The second-order valence-corrected chi connectivity index (χ2v) is 32.2. The van der Waals surface area contributed by atoms with Crippen molar-refractivity contribution in [1.82, 2.24) is 0 Å². The fourth-order valence-electron chi connectivity index (χ4n) is 10.6. The molecular weight excluding hydrogens is 569 g/mol. The molecule has 0 aliphatic heterocycles. The Balaban J connectivity index is 1.51. The summed E-state index contributed by atoms with van der Waals surface area (Å²) < 4.78 is 19.8. The van der Waals surface area contributed by atoms with E-state index < -0.39 is 25.0 Å². The summed E-state index contributed by atoms with van der Waals surface area (Å²) >= 11 is 0. The number of carbonyl (C=O) groups excluding carboxylic acids is 1. The normalized spacial score (nSPS) is 40.5. The lowest BCUT2D eigenvalue weighted by atomic mass is 9.43. The van der Waals surface area contributed by atoms with Gasteiger partial charge in [-0.1, -0.05) is 27.7 Å². The quantitative estimate of drug-likeness (QED) is 0.224. The van der Waals surface area contributed by atoms with Crippen LogP contribution < -0.4 is 0 Å². The van der Waals surface area contributed by atoms with Gasteiger partial charge < -0.3 is 13.3 Å². The smallest absolute Gasteiger partial charge is 0.295 e. The van der Waals surface area contributed by atoms with Gasteiger partial charge in [-0.15, -0.1) is 0 Å². The highest BCUT2D eigenvalue weighted by atomic mass is 28.4. The van der Waals surface area contributed by atoms with Gasteiger partial charge in [0, 0.05) is 12.2 Å². The molecule has 42 heavy (non-hydrogen) atoms. The second-order valence-electron chi connectivity index (χ2n) is 18.8. The van der Waals surface area contributed by atoms with Crippen molar-refractivity contribution in [3.05, 3.63) is 0 Å². The highest BCUT2D eigenvalue weighted by Crippen LogP contribution is 2.69. The van der Waals surface area contributed by atoms with Crippen molar-refractivity contribution in [3.63, 3.8) is 0 Å². The fourth-order valence-corrected chi connectivity index (χ4v) is 13.7. The molecule has 0 aromatic rings. The predicted octanol–water partition coefficient (Wildman–Crippen LogP) is 10.1. The lowest BCUT2D eigenvalue weighted by molar-refractivity contribution is -0.168. The van der Waals surface area contributed by atoms with E-state index in [-0.39, 0.29) is 11.9 Å². The van der Waals surface area contributed by atoms with Gasteiger partial charge in [-0.25, -0.2) is 0 Å². The van der Waals surface area contributed by atoms with Gasteiger partial charge in [0.1, 0.15) is 0 Å². The fraction of sp³-hybridized carbons (Fsp3) is 0.971. The molecule has 0 saturated heterocycles. The van der Waals surface area contributed by atoms with Crippen molar-refractivity contribution in [2.45, 2.75) is 163 Å². The molecule has 0 bridgehead atoms. The van der Waals surface area contributed by atoms with Gasteiger partial charge in [-0.2, -0.15) is 0 Å². The minimum atomic E-state index is -1.84. The summed E-state index contributed by atoms with van der Waals surface area (Å²) in [5, 5.41) is 0. The molecule has 7 heteroatoms. The molecule has 0 amide bonds. The third kappa shape index (κ3) is 7.70. The number of fused-ring (bicyclic) bond motifs is 5. The summed E-state index contributed by atoms with van der Waals surface area (Å²) in [6, 6.07) is 0. The second kappa shape index (κ2) is 12.3. The maximum Gasteiger partial charge on any atom is 0.295 e. The number of hydrogen-bond donors (Lipinski definition) is 0. The molecule has 0 heterocycles. The van der Waals surface area contributed by atoms with Crippen molar-refractivity contribution in [2.24, 2.45) is 52.3 Å². The molecule has 0 radical (unpaired) electrons. The maximum atomic E-state index is 12.7. The Morgan fingerprint density at radius 1 is 0.738 bits per heavy atom. The van der Waals surface area contributed by atoms with Crippen LogP contribution in [0.25, 0.3) is 0 Å². The molecule has 4 fully saturated rings. The van der Waals surface area contributed by atoms with E-state index in [4.69, 9.17) is 13.3 Å². The highest BCUT2D eigenvalue weighted by molar-refractivity contribution is 6.71. The molecule has 4 aliphatic rings. The lowest BCUT2D eigenvalue weighted by Crippen LogP contribution is -2.60. The van der Waals surface area contributed by atoms with Crippen LogP contribution in [0.3, 0.4) is 0 Å². The molecule has 0 N–H and O–H groups in total. The Bertz CT molecular complexity index is 951. The summed E-state index contributed by atoms with van der Waals surface area (Å²) in [5.41, 5.74) is 0.825. The van der Waals surface area contributed by atoms with E-state index in [0.717, 1.165) is 36.5 Å². The predicted molar refractivity (Wildman–Crippen MR) is 184 cm³/mol. The standard InChI is InChI=1S/C35H68O4Si3/c1-24(14-15-25(2)33(36)39-42(11,12)13)28-16-17-29-32-30(19-21-35(28,29)4)34(3)20-18-27(37-40(5,6)7)22-26(34)23-31(32)38-41(8,9)10/h24-32H,14-23H2,1-13H3/t24?,25?,26-,27+,28?,29?,30?,31?,32?,34?,35?/m0/s1. The van der Waals surface area contributed by atoms with Crippen molar-refractivity contribution >= 4 is 30.9 Å². The molecule has 244 valence electrons. The molecule has 0 aromatic carbocycles. The van der Waals surface area contributed by atoms with Gasteiger partial charge in [0.05, 0.1) is 5.92 Å². The van der Waals surface area contributed by atoms with Gasteiger partial charge in [0.2, 0.25) is 8.32 Å². The van der Waals surface area contributed by atoms with Crippen LogP contribution in [-0.4, -0.2) is 43.1 Å². The van der Waals surface area contributed by atoms with Crippen LogP contribution in [0.5, 0.6) is 0 Å². The van der Waals surface area contributed by atoms with E-state index in [0.29, 0.717) is 34.9 Å². The Kier molecular flexibility index (Phi) is 10.3. The van der Waals surface area contributed by atoms with E-state index in [1.807, 2.05) is 0 Å². The first-order valence-electron chi connectivity index (χ1n) is 17.7. The topological polar surface area (TPSA) is 44.8 Å². The van der Waals surface area contributed by atoms with Crippen LogP contribution in [0.4, 0.5) is 0 Å². The van der Waals surface area contributed by atoms with Crippen molar-refractivity contribution in [2.75, 3.05) is 0 Å². The zero-order valence-corrected chi connectivity index (χ0v) is 32.9. The van der Waals surface area contributed by atoms with Crippen molar-refractivity contribution < 1.29 is 18.1 Å². The van der Waals surface area contributed by atoms with Crippen LogP contribution >= 0.6 is 0 Å². The van der Waals surface area contributed by atoms with Crippen molar-refractivity contribution in [1.29, 1.82) is 0 Å². The van der Waals surface area contributed by atoms with Crippen LogP contribution in [0.2, 0.25) is 58.9 Å². The summed E-state index contributed by atoms with van der Waals surface area (Å²) in [4.78, 5) is 12.7. The first-order chi connectivity index (χ1) is 19.1. The maximum absolute atomic E-state index is 12.7. The van der Waals surface area contributed by atoms with E-state index >= 15 is 0 Å². The Labute approximate surface area is 263 Å². The van der Waals surface area contributed by atoms with Gasteiger partial charge in [0.25, 0.3) is 5.97 Å². The van der Waals surface area contributed by atoms with Crippen molar-refractivity contribution in [3.8, 4) is 0 Å². The number of carbonyl (C=O) groups is 1. The monoisotopic (exact) mass is 636 g/mol. The van der Waals surface area contributed by atoms with Crippen LogP contribution in [0.1, 0.15) is 91.9 Å². The zero-order valence-electron chi connectivity index (χ0n) is 29.9. The summed E-state index contributed by atoms with van der Waals surface area (Å²) in [7, 11) is -5.06. The Morgan fingerprint density at radius 3 is 1.93 bits per heavy atom. The van der Waals surface area contributed by atoms with E-state index in [9.17, 15) is 4.79 Å². The molecule has 9 unspecified atom stereocenters. The first kappa shape index (κ1) is 34.9.